The van der Waals surface area contributed by atoms with Gasteiger partial charge in [-0.15, -0.1) is 10.2 Å². The van der Waals surface area contributed by atoms with Crippen molar-refractivity contribution in [2.24, 2.45) is 0 Å². The second-order valence-corrected chi connectivity index (χ2v) is 3.84. The monoisotopic (exact) mass is 240 g/mol. The van der Waals surface area contributed by atoms with E-state index >= 15 is 0 Å². The minimum absolute atomic E-state index is 0.602. The molecule has 6 heteroatoms. The van der Waals surface area contributed by atoms with Crippen molar-refractivity contribution in [3.8, 4) is 22.6 Å². The van der Waals surface area contributed by atoms with Crippen LogP contribution in [0.25, 0.3) is 22.6 Å². The molecule has 0 radical (unpaired) electrons. The Labute approximate surface area is 104 Å². The number of tetrazole rings is 1. The molecule has 0 aliphatic carbocycles. The third-order valence-corrected chi connectivity index (χ3v) is 2.80. The first-order valence-electron chi connectivity index (χ1n) is 5.74. The van der Waals surface area contributed by atoms with Crippen LogP contribution in [-0.2, 0) is 6.54 Å². The highest BCUT2D eigenvalue weighted by Gasteiger charge is 2.06. The summed E-state index contributed by atoms with van der Waals surface area (Å²) in [5.41, 5.74) is 3.17. The first kappa shape index (κ1) is 10.6. The second-order valence-electron chi connectivity index (χ2n) is 3.84. The summed E-state index contributed by atoms with van der Waals surface area (Å²) in [5, 5.41) is 18.1. The lowest BCUT2D eigenvalue weighted by atomic mass is 10.1. The highest BCUT2D eigenvalue weighted by Crippen LogP contribution is 2.22. The summed E-state index contributed by atoms with van der Waals surface area (Å²) in [6, 6.07) is 10.0. The molecule has 3 aromatic rings. The molecule has 0 bridgehead atoms. The van der Waals surface area contributed by atoms with Crippen molar-refractivity contribution in [3.63, 3.8) is 0 Å². The average molecular weight is 240 g/mol. The standard InChI is InChI=1S/C12H12N6/c1-2-18-11(7-8-13-18)9-3-5-10(6-4-9)12-14-16-17-15-12/h3-8H,2H2,1H3,(H,14,15,16,17). The molecule has 0 unspecified atom stereocenters. The first-order valence-corrected chi connectivity index (χ1v) is 5.74. The maximum absolute atomic E-state index is 4.26. The van der Waals surface area contributed by atoms with E-state index < -0.39 is 0 Å². The fourth-order valence-corrected chi connectivity index (χ4v) is 1.90. The predicted molar refractivity (Wildman–Crippen MR) is 66.5 cm³/mol. The van der Waals surface area contributed by atoms with E-state index in [0.29, 0.717) is 5.82 Å². The normalized spacial score (nSPS) is 10.7. The van der Waals surface area contributed by atoms with E-state index in [2.05, 4.69) is 32.6 Å². The number of hydrogen-bond acceptors (Lipinski definition) is 4. The number of hydrogen-bond donors (Lipinski definition) is 1. The number of nitrogens with one attached hydrogen (secondary N) is 1. The Balaban J connectivity index is 1.96. The topological polar surface area (TPSA) is 72.3 Å². The summed E-state index contributed by atoms with van der Waals surface area (Å²) in [6.45, 7) is 2.93. The Bertz CT molecular complexity index is 623. The molecule has 0 atom stereocenters. The Morgan fingerprint density at radius 1 is 1.11 bits per heavy atom. The van der Waals surface area contributed by atoms with Crippen LogP contribution in [-0.4, -0.2) is 30.4 Å². The number of H-pyrrole nitrogens is 1. The van der Waals surface area contributed by atoms with Crippen molar-refractivity contribution in [2.45, 2.75) is 13.5 Å². The SMILES string of the molecule is CCn1nccc1-c1ccc(-c2nn[nH]n2)cc1. The van der Waals surface area contributed by atoms with E-state index in [1.807, 2.05) is 41.2 Å². The van der Waals surface area contributed by atoms with Crippen LogP contribution in [0.2, 0.25) is 0 Å². The highest BCUT2D eigenvalue weighted by molar-refractivity contribution is 5.64. The molecule has 1 N–H and O–H groups in total. The van der Waals surface area contributed by atoms with E-state index in [0.717, 1.165) is 23.4 Å². The summed E-state index contributed by atoms with van der Waals surface area (Å²) < 4.78 is 1.96. The van der Waals surface area contributed by atoms with Gasteiger partial charge in [-0.2, -0.15) is 10.3 Å². The molecular formula is C12H12N6. The van der Waals surface area contributed by atoms with Crippen LogP contribution >= 0.6 is 0 Å². The summed E-state index contributed by atoms with van der Waals surface area (Å²) >= 11 is 0. The van der Waals surface area contributed by atoms with E-state index in [1.54, 1.807) is 0 Å². The molecule has 2 aromatic heterocycles. The Morgan fingerprint density at radius 2 is 1.89 bits per heavy atom. The van der Waals surface area contributed by atoms with E-state index in [9.17, 15) is 0 Å². The summed E-state index contributed by atoms with van der Waals surface area (Å²) in [4.78, 5) is 0. The van der Waals surface area contributed by atoms with Crippen LogP contribution < -0.4 is 0 Å². The summed E-state index contributed by atoms with van der Waals surface area (Å²) in [6.07, 6.45) is 1.81. The lowest BCUT2D eigenvalue weighted by Crippen LogP contribution is -1.98. The van der Waals surface area contributed by atoms with Crippen molar-refractivity contribution < 1.29 is 0 Å². The van der Waals surface area contributed by atoms with Gasteiger partial charge in [-0.1, -0.05) is 24.3 Å². The van der Waals surface area contributed by atoms with Gasteiger partial charge < -0.3 is 0 Å². The number of nitrogens with zero attached hydrogens (tertiary/aromatic N) is 5. The smallest absolute Gasteiger partial charge is 0.204 e. The van der Waals surface area contributed by atoms with Crippen molar-refractivity contribution in [1.29, 1.82) is 0 Å². The number of rotatable bonds is 3. The zero-order valence-corrected chi connectivity index (χ0v) is 9.91. The van der Waals surface area contributed by atoms with Crippen LogP contribution in [0.15, 0.2) is 36.5 Å². The van der Waals surface area contributed by atoms with E-state index in [-0.39, 0.29) is 0 Å². The largest absolute Gasteiger partial charge is 0.265 e. The summed E-state index contributed by atoms with van der Waals surface area (Å²) in [5.74, 6) is 0.602. The van der Waals surface area contributed by atoms with Crippen molar-refractivity contribution in [1.82, 2.24) is 30.4 Å². The third kappa shape index (κ3) is 1.77. The zero-order valence-electron chi connectivity index (χ0n) is 9.91. The molecule has 0 spiro atoms. The number of aromatic amines is 1. The van der Waals surface area contributed by atoms with Gasteiger partial charge in [0, 0.05) is 18.3 Å². The molecule has 0 saturated heterocycles. The molecule has 90 valence electrons. The predicted octanol–water partition coefficient (Wildman–Crippen LogP) is 1.75. The van der Waals surface area contributed by atoms with Gasteiger partial charge in [-0.25, -0.2) is 0 Å². The van der Waals surface area contributed by atoms with Crippen LogP contribution in [0.3, 0.4) is 0 Å². The number of aryl methyl sites for hydroxylation is 1. The minimum Gasteiger partial charge on any atom is -0.265 e. The molecule has 2 heterocycles. The second kappa shape index (κ2) is 4.40. The molecule has 1 aromatic carbocycles. The van der Waals surface area contributed by atoms with Crippen LogP contribution in [0.5, 0.6) is 0 Å². The number of aromatic nitrogens is 6. The fraction of sp³-hybridized carbons (Fsp3) is 0.167. The van der Waals surface area contributed by atoms with Gasteiger partial charge in [-0.3, -0.25) is 4.68 Å². The van der Waals surface area contributed by atoms with Crippen molar-refractivity contribution in [3.05, 3.63) is 36.5 Å². The van der Waals surface area contributed by atoms with Gasteiger partial charge in [0.1, 0.15) is 0 Å². The maximum atomic E-state index is 4.26. The lowest BCUT2D eigenvalue weighted by molar-refractivity contribution is 0.667. The fourth-order valence-electron chi connectivity index (χ4n) is 1.90. The third-order valence-electron chi connectivity index (χ3n) is 2.80. The molecule has 0 aliphatic heterocycles. The van der Waals surface area contributed by atoms with Crippen LogP contribution in [0.1, 0.15) is 6.92 Å². The van der Waals surface area contributed by atoms with Gasteiger partial charge >= 0.3 is 0 Å². The van der Waals surface area contributed by atoms with Crippen molar-refractivity contribution in [2.75, 3.05) is 0 Å². The summed E-state index contributed by atoms with van der Waals surface area (Å²) in [7, 11) is 0. The first-order chi connectivity index (χ1) is 8.88. The molecule has 0 aliphatic rings. The Hall–Kier alpha value is -2.50. The van der Waals surface area contributed by atoms with Crippen molar-refractivity contribution >= 4 is 0 Å². The molecule has 0 fully saturated rings. The quantitative estimate of drug-likeness (QED) is 0.757. The average Bonchev–Trinajstić information content (AvgIpc) is 3.10. The van der Waals surface area contributed by atoms with E-state index in [1.165, 1.54) is 0 Å². The molecule has 6 nitrogen and oxygen atoms in total. The van der Waals surface area contributed by atoms with Gasteiger partial charge in [0.2, 0.25) is 5.82 Å². The Morgan fingerprint density at radius 3 is 2.56 bits per heavy atom. The van der Waals surface area contributed by atoms with Crippen LogP contribution in [0.4, 0.5) is 0 Å². The lowest BCUT2D eigenvalue weighted by Gasteiger charge is -2.05. The van der Waals surface area contributed by atoms with Gasteiger partial charge in [0.25, 0.3) is 0 Å². The van der Waals surface area contributed by atoms with E-state index in [4.69, 9.17) is 0 Å². The zero-order chi connectivity index (χ0) is 12.4. The molecule has 0 amide bonds. The highest BCUT2D eigenvalue weighted by atomic mass is 15.5. The van der Waals surface area contributed by atoms with Crippen LogP contribution in [0, 0.1) is 0 Å². The molecular weight excluding hydrogens is 228 g/mol. The Kier molecular flexibility index (Phi) is 2.60. The maximum Gasteiger partial charge on any atom is 0.204 e. The molecule has 18 heavy (non-hydrogen) atoms. The molecule has 3 rings (SSSR count). The van der Waals surface area contributed by atoms with Gasteiger partial charge in [0.15, 0.2) is 0 Å². The van der Waals surface area contributed by atoms with Gasteiger partial charge in [0.05, 0.1) is 5.69 Å². The molecule has 0 saturated carbocycles. The van der Waals surface area contributed by atoms with Gasteiger partial charge in [-0.05, 0) is 23.8 Å². The number of benzene rings is 1. The minimum atomic E-state index is 0.602.